The number of nitrogens with two attached hydrogens (primary N) is 1. The normalized spacial score (nSPS) is 10.2. The van der Waals surface area contributed by atoms with Crippen molar-refractivity contribution in [3.05, 3.63) is 28.2 Å². The fourth-order valence-electron chi connectivity index (χ4n) is 1.68. The molecule has 5 heteroatoms. The van der Waals surface area contributed by atoms with Crippen molar-refractivity contribution in [1.82, 2.24) is 0 Å². The van der Waals surface area contributed by atoms with Gasteiger partial charge in [0.1, 0.15) is 6.07 Å². The fourth-order valence-corrected chi connectivity index (χ4v) is 2.14. The van der Waals surface area contributed by atoms with E-state index in [1.54, 1.807) is 6.07 Å². The van der Waals surface area contributed by atoms with Crippen LogP contribution in [-0.2, 0) is 4.79 Å². The third-order valence-corrected chi connectivity index (χ3v) is 3.03. The Bertz CT molecular complexity index is 480. The highest BCUT2D eigenvalue weighted by molar-refractivity contribution is 9.10. The van der Waals surface area contributed by atoms with Crippen molar-refractivity contribution in [1.29, 1.82) is 5.26 Å². The van der Waals surface area contributed by atoms with Gasteiger partial charge in [-0.05, 0) is 40.0 Å². The SMILES string of the molecule is CC(C)CN(CC(N)=O)c1ccc(C#N)c(Br)c1. The second-order valence-corrected chi connectivity index (χ2v) is 5.37. The lowest BCUT2D eigenvalue weighted by Gasteiger charge is -2.25. The molecule has 0 bridgehead atoms. The van der Waals surface area contributed by atoms with Gasteiger partial charge < -0.3 is 10.6 Å². The number of hydrogen-bond acceptors (Lipinski definition) is 3. The first kappa shape index (κ1) is 14.5. The van der Waals surface area contributed by atoms with Crippen LogP contribution in [0.1, 0.15) is 19.4 Å². The molecular weight excluding hydrogens is 294 g/mol. The highest BCUT2D eigenvalue weighted by Crippen LogP contribution is 2.24. The number of benzene rings is 1. The number of primary amides is 1. The van der Waals surface area contributed by atoms with E-state index in [0.29, 0.717) is 11.5 Å². The summed E-state index contributed by atoms with van der Waals surface area (Å²) in [4.78, 5) is 13.0. The zero-order valence-corrected chi connectivity index (χ0v) is 12.1. The van der Waals surface area contributed by atoms with E-state index in [4.69, 9.17) is 11.0 Å². The summed E-state index contributed by atoms with van der Waals surface area (Å²) in [6, 6.07) is 7.48. The van der Waals surface area contributed by atoms with Crippen LogP contribution in [0.4, 0.5) is 5.69 Å². The molecule has 0 fully saturated rings. The molecule has 18 heavy (non-hydrogen) atoms. The van der Waals surface area contributed by atoms with Crippen LogP contribution in [-0.4, -0.2) is 19.0 Å². The Balaban J connectivity index is 3.01. The van der Waals surface area contributed by atoms with Crippen LogP contribution in [0.3, 0.4) is 0 Å². The minimum atomic E-state index is -0.365. The first-order valence-electron chi connectivity index (χ1n) is 5.67. The number of carbonyl (C=O) groups is 1. The molecule has 0 aromatic heterocycles. The van der Waals surface area contributed by atoms with E-state index in [9.17, 15) is 4.79 Å². The highest BCUT2D eigenvalue weighted by atomic mass is 79.9. The molecule has 0 spiro atoms. The van der Waals surface area contributed by atoms with E-state index in [1.807, 2.05) is 17.0 Å². The van der Waals surface area contributed by atoms with Crippen molar-refractivity contribution in [2.24, 2.45) is 11.7 Å². The van der Waals surface area contributed by atoms with Gasteiger partial charge in [0.15, 0.2) is 0 Å². The number of nitriles is 1. The predicted molar refractivity (Wildman–Crippen MR) is 75.1 cm³/mol. The molecule has 0 aliphatic carbocycles. The second-order valence-electron chi connectivity index (χ2n) is 4.52. The molecule has 1 aromatic rings. The maximum Gasteiger partial charge on any atom is 0.236 e. The summed E-state index contributed by atoms with van der Waals surface area (Å²) >= 11 is 3.34. The van der Waals surface area contributed by atoms with Gasteiger partial charge in [-0.3, -0.25) is 4.79 Å². The highest BCUT2D eigenvalue weighted by Gasteiger charge is 2.12. The number of anilines is 1. The lowest BCUT2D eigenvalue weighted by atomic mass is 10.1. The average Bonchev–Trinajstić information content (AvgIpc) is 2.26. The molecule has 96 valence electrons. The Hall–Kier alpha value is -1.54. The lowest BCUT2D eigenvalue weighted by Crippen LogP contribution is -2.36. The fraction of sp³-hybridized carbons (Fsp3) is 0.385. The van der Waals surface area contributed by atoms with E-state index >= 15 is 0 Å². The van der Waals surface area contributed by atoms with Crippen LogP contribution >= 0.6 is 15.9 Å². The molecule has 1 amide bonds. The summed E-state index contributed by atoms with van der Waals surface area (Å²) in [5.41, 5.74) is 6.71. The van der Waals surface area contributed by atoms with Crippen LogP contribution in [0.2, 0.25) is 0 Å². The van der Waals surface area contributed by atoms with Gasteiger partial charge in [0.05, 0.1) is 12.1 Å². The van der Waals surface area contributed by atoms with Crippen LogP contribution in [0.15, 0.2) is 22.7 Å². The maximum absolute atomic E-state index is 11.1. The van der Waals surface area contributed by atoms with Gasteiger partial charge in [-0.15, -0.1) is 0 Å². The van der Waals surface area contributed by atoms with Gasteiger partial charge in [0.2, 0.25) is 5.91 Å². The molecule has 2 N–H and O–H groups in total. The smallest absolute Gasteiger partial charge is 0.236 e. The maximum atomic E-state index is 11.1. The van der Waals surface area contributed by atoms with E-state index in [-0.39, 0.29) is 12.5 Å². The standard InChI is InChI=1S/C13H16BrN3O/c1-9(2)7-17(8-13(16)18)11-4-3-10(6-15)12(14)5-11/h3-5,9H,7-8H2,1-2H3,(H2,16,18). The molecule has 0 atom stereocenters. The van der Waals surface area contributed by atoms with Crippen molar-refractivity contribution in [2.45, 2.75) is 13.8 Å². The Labute approximate surface area is 116 Å². The summed E-state index contributed by atoms with van der Waals surface area (Å²) < 4.78 is 0.723. The topological polar surface area (TPSA) is 70.1 Å². The van der Waals surface area contributed by atoms with Crippen molar-refractivity contribution in [3.63, 3.8) is 0 Å². The molecule has 1 rings (SSSR count). The second kappa shape index (κ2) is 6.41. The van der Waals surface area contributed by atoms with Crippen LogP contribution < -0.4 is 10.6 Å². The third kappa shape index (κ3) is 4.04. The minimum Gasteiger partial charge on any atom is -0.368 e. The van der Waals surface area contributed by atoms with E-state index in [2.05, 4.69) is 35.8 Å². The Morgan fingerprint density at radius 2 is 2.22 bits per heavy atom. The van der Waals surface area contributed by atoms with Crippen LogP contribution in [0.5, 0.6) is 0 Å². The van der Waals surface area contributed by atoms with Gasteiger partial charge in [-0.2, -0.15) is 5.26 Å². The predicted octanol–water partition coefficient (Wildman–Crippen LogP) is 2.27. The summed E-state index contributed by atoms with van der Waals surface area (Å²) in [6.07, 6.45) is 0. The largest absolute Gasteiger partial charge is 0.368 e. The summed E-state index contributed by atoms with van der Waals surface area (Å²) in [5, 5.41) is 8.87. The Morgan fingerprint density at radius 1 is 1.56 bits per heavy atom. The Morgan fingerprint density at radius 3 is 2.67 bits per heavy atom. The van der Waals surface area contributed by atoms with Gasteiger partial charge in [-0.25, -0.2) is 0 Å². The average molecular weight is 310 g/mol. The number of hydrogen-bond donors (Lipinski definition) is 1. The third-order valence-electron chi connectivity index (χ3n) is 2.37. The van der Waals surface area contributed by atoms with Crippen molar-refractivity contribution < 1.29 is 4.79 Å². The summed E-state index contributed by atoms with van der Waals surface area (Å²) in [5.74, 6) is 0.0508. The number of rotatable bonds is 5. The molecular formula is C13H16BrN3O. The molecule has 0 aliphatic rings. The number of carbonyl (C=O) groups excluding carboxylic acids is 1. The first-order chi connectivity index (χ1) is 8.43. The minimum absolute atomic E-state index is 0.177. The first-order valence-corrected chi connectivity index (χ1v) is 6.46. The molecule has 0 unspecified atom stereocenters. The molecule has 0 saturated heterocycles. The number of nitrogens with zero attached hydrogens (tertiary/aromatic N) is 2. The zero-order valence-electron chi connectivity index (χ0n) is 10.5. The Kier molecular flexibility index (Phi) is 5.17. The van der Waals surface area contributed by atoms with Gasteiger partial charge >= 0.3 is 0 Å². The molecule has 0 radical (unpaired) electrons. The molecule has 4 nitrogen and oxygen atoms in total. The van der Waals surface area contributed by atoms with Crippen molar-refractivity contribution in [3.8, 4) is 6.07 Å². The van der Waals surface area contributed by atoms with E-state index in [0.717, 1.165) is 16.7 Å². The zero-order chi connectivity index (χ0) is 13.7. The van der Waals surface area contributed by atoms with Gasteiger partial charge in [-0.1, -0.05) is 13.8 Å². The molecule has 0 saturated carbocycles. The monoisotopic (exact) mass is 309 g/mol. The van der Waals surface area contributed by atoms with Gasteiger partial charge in [0, 0.05) is 16.7 Å². The van der Waals surface area contributed by atoms with E-state index < -0.39 is 0 Å². The van der Waals surface area contributed by atoms with Crippen LogP contribution in [0, 0.1) is 17.2 Å². The molecule has 0 heterocycles. The van der Waals surface area contributed by atoms with Crippen molar-refractivity contribution in [2.75, 3.05) is 18.0 Å². The number of halogens is 1. The number of amides is 1. The van der Waals surface area contributed by atoms with Crippen LogP contribution in [0.25, 0.3) is 0 Å². The summed E-state index contributed by atoms with van der Waals surface area (Å²) in [7, 11) is 0. The molecule has 0 aliphatic heterocycles. The van der Waals surface area contributed by atoms with E-state index in [1.165, 1.54) is 0 Å². The molecule has 1 aromatic carbocycles. The van der Waals surface area contributed by atoms with Crippen molar-refractivity contribution >= 4 is 27.5 Å². The quantitative estimate of drug-likeness (QED) is 0.907. The lowest BCUT2D eigenvalue weighted by molar-refractivity contribution is -0.116. The van der Waals surface area contributed by atoms with Gasteiger partial charge in [0.25, 0.3) is 0 Å². The summed E-state index contributed by atoms with van der Waals surface area (Å²) in [6.45, 7) is 5.07.